The van der Waals surface area contributed by atoms with Crippen LogP contribution >= 0.6 is 0 Å². The second-order valence-electron chi connectivity index (χ2n) is 6.17. The fourth-order valence-corrected chi connectivity index (χ4v) is 3.19. The number of piperidine rings is 1. The predicted octanol–water partition coefficient (Wildman–Crippen LogP) is 2.76. The molecule has 0 saturated carbocycles. The summed E-state index contributed by atoms with van der Waals surface area (Å²) in [6.45, 7) is 5.85. The van der Waals surface area contributed by atoms with Crippen molar-refractivity contribution in [1.29, 1.82) is 0 Å². The topological polar surface area (TPSA) is 61.9 Å². The molecule has 2 saturated heterocycles. The molecular weight excluding hydrogens is 318 g/mol. The standard InChI is InChI=1S/C19H23N3O3/c1-3-9-22-18(23)16(20-19(22)24)12-14-7-8-15(13-17(14)25-2)21-10-5-4-6-11-21/h3,7-8,12-13H,1,4-6,9-11H2,2H3,(H,20,24)/b16-12+. The number of benzene rings is 1. The van der Waals surface area contributed by atoms with Crippen LogP contribution in [0, 0.1) is 0 Å². The Bertz CT molecular complexity index is 721. The first kappa shape index (κ1) is 17.1. The summed E-state index contributed by atoms with van der Waals surface area (Å²) in [5, 5.41) is 2.60. The Morgan fingerprint density at radius 3 is 2.68 bits per heavy atom. The summed E-state index contributed by atoms with van der Waals surface area (Å²) in [6, 6.07) is 5.51. The van der Waals surface area contributed by atoms with E-state index in [2.05, 4.69) is 16.8 Å². The molecular formula is C19H23N3O3. The van der Waals surface area contributed by atoms with Gasteiger partial charge in [0, 0.05) is 37.0 Å². The Morgan fingerprint density at radius 2 is 2.00 bits per heavy atom. The summed E-state index contributed by atoms with van der Waals surface area (Å²) in [6.07, 6.45) is 6.86. The van der Waals surface area contributed by atoms with Crippen molar-refractivity contribution in [2.45, 2.75) is 19.3 Å². The number of nitrogens with zero attached hydrogens (tertiary/aromatic N) is 2. The van der Waals surface area contributed by atoms with Crippen LogP contribution in [0.15, 0.2) is 36.6 Å². The molecule has 0 aliphatic carbocycles. The van der Waals surface area contributed by atoms with E-state index in [0.717, 1.165) is 29.2 Å². The van der Waals surface area contributed by atoms with Gasteiger partial charge in [0.2, 0.25) is 0 Å². The molecule has 2 aliphatic heterocycles. The number of nitrogens with one attached hydrogen (secondary N) is 1. The highest BCUT2D eigenvalue weighted by molar-refractivity contribution is 6.14. The minimum absolute atomic E-state index is 0.188. The predicted molar refractivity (Wildman–Crippen MR) is 97.5 cm³/mol. The van der Waals surface area contributed by atoms with E-state index in [-0.39, 0.29) is 18.1 Å². The molecule has 6 nitrogen and oxygen atoms in total. The number of imide groups is 1. The molecule has 3 amide bonds. The zero-order valence-electron chi connectivity index (χ0n) is 14.5. The van der Waals surface area contributed by atoms with E-state index in [1.54, 1.807) is 13.2 Å². The van der Waals surface area contributed by atoms with Crippen molar-refractivity contribution in [3.05, 3.63) is 42.1 Å². The van der Waals surface area contributed by atoms with E-state index in [4.69, 9.17) is 4.74 Å². The fourth-order valence-electron chi connectivity index (χ4n) is 3.19. The third kappa shape index (κ3) is 3.52. The van der Waals surface area contributed by atoms with Gasteiger partial charge >= 0.3 is 6.03 Å². The average Bonchev–Trinajstić information content (AvgIpc) is 2.90. The van der Waals surface area contributed by atoms with Gasteiger partial charge in [-0.1, -0.05) is 6.08 Å². The molecule has 2 fully saturated rings. The number of anilines is 1. The number of carbonyl (C=O) groups is 2. The zero-order chi connectivity index (χ0) is 17.8. The quantitative estimate of drug-likeness (QED) is 0.508. The van der Waals surface area contributed by atoms with Crippen LogP contribution in [0.3, 0.4) is 0 Å². The fraction of sp³-hybridized carbons (Fsp3) is 0.368. The van der Waals surface area contributed by atoms with Gasteiger partial charge in [0.05, 0.1) is 7.11 Å². The van der Waals surface area contributed by atoms with Gasteiger partial charge in [-0.25, -0.2) is 4.79 Å². The van der Waals surface area contributed by atoms with Gasteiger partial charge in [0.25, 0.3) is 5.91 Å². The smallest absolute Gasteiger partial charge is 0.329 e. The van der Waals surface area contributed by atoms with Crippen molar-refractivity contribution in [2.75, 3.05) is 31.6 Å². The third-order valence-corrected chi connectivity index (χ3v) is 4.51. The lowest BCUT2D eigenvalue weighted by molar-refractivity contribution is -0.122. The first-order chi connectivity index (χ1) is 12.1. The molecule has 25 heavy (non-hydrogen) atoms. The largest absolute Gasteiger partial charge is 0.496 e. The van der Waals surface area contributed by atoms with Crippen LogP contribution in [0.2, 0.25) is 0 Å². The van der Waals surface area contributed by atoms with E-state index >= 15 is 0 Å². The molecule has 2 aliphatic rings. The molecule has 1 aromatic carbocycles. The number of ether oxygens (including phenoxy) is 1. The van der Waals surface area contributed by atoms with Gasteiger partial charge in [-0.3, -0.25) is 9.69 Å². The van der Waals surface area contributed by atoms with Crippen molar-refractivity contribution in [2.24, 2.45) is 0 Å². The van der Waals surface area contributed by atoms with Gasteiger partial charge in [-0.05, 0) is 37.5 Å². The lowest BCUT2D eigenvalue weighted by Gasteiger charge is -2.29. The maximum Gasteiger partial charge on any atom is 0.329 e. The molecule has 6 heteroatoms. The summed E-state index contributed by atoms with van der Waals surface area (Å²) in [4.78, 5) is 27.6. The van der Waals surface area contributed by atoms with Crippen LogP contribution in [0.5, 0.6) is 5.75 Å². The highest BCUT2D eigenvalue weighted by Gasteiger charge is 2.32. The Kier molecular flexibility index (Phi) is 5.07. The Balaban J connectivity index is 1.86. The lowest BCUT2D eigenvalue weighted by atomic mass is 10.1. The van der Waals surface area contributed by atoms with Gasteiger partial charge in [-0.15, -0.1) is 6.58 Å². The van der Waals surface area contributed by atoms with E-state index in [1.165, 1.54) is 25.3 Å². The molecule has 0 aromatic heterocycles. The lowest BCUT2D eigenvalue weighted by Crippen LogP contribution is -2.30. The average molecular weight is 341 g/mol. The maximum absolute atomic E-state index is 12.3. The minimum Gasteiger partial charge on any atom is -0.496 e. The molecule has 132 valence electrons. The monoisotopic (exact) mass is 341 g/mol. The van der Waals surface area contributed by atoms with Gasteiger partial charge in [0.15, 0.2) is 0 Å². The summed E-state index contributed by atoms with van der Waals surface area (Å²) in [5.74, 6) is 0.326. The van der Waals surface area contributed by atoms with Gasteiger partial charge < -0.3 is 15.0 Å². The number of carbonyl (C=O) groups excluding carboxylic acids is 2. The van der Waals surface area contributed by atoms with E-state index in [1.807, 2.05) is 18.2 Å². The Hall–Kier alpha value is -2.76. The number of amides is 3. The van der Waals surface area contributed by atoms with Crippen LogP contribution in [0.25, 0.3) is 6.08 Å². The van der Waals surface area contributed by atoms with E-state index in [9.17, 15) is 9.59 Å². The molecule has 3 rings (SSSR count). The van der Waals surface area contributed by atoms with Crippen LogP contribution in [0.1, 0.15) is 24.8 Å². The maximum atomic E-state index is 12.3. The molecule has 1 aromatic rings. The number of methoxy groups -OCH3 is 1. The second kappa shape index (κ2) is 7.42. The van der Waals surface area contributed by atoms with Gasteiger partial charge in [0.1, 0.15) is 11.4 Å². The van der Waals surface area contributed by atoms with Crippen LogP contribution in [-0.4, -0.2) is 43.6 Å². The summed E-state index contributed by atoms with van der Waals surface area (Å²) in [7, 11) is 1.61. The van der Waals surface area contributed by atoms with Crippen molar-refractivity contribution in [1.82, 2.24) is 10.2 Å². The second-order valence-corrected chi connectivity index (χ2v) is 6.17. The molecule has 2 heterocycles. The molecule has 0 radical (unpaired) electrons. The molecule has 0 spiro atoms. The summed E-state index contributed by atoms with van der Waals surface area (Å²) >= 11 is 0. The third-order valence-electron chi connectivity index (χ3n) is 4.51. The summed E-state index contributed by atoms with van der Waals surface area (Å²) < 4.78 is 5.50. The number of urea groups is 1. The highest BCUT2D eigenvalue weighted by Crippen LogP contribution is 2.29. The first-order valence-electron chi connectivity index (χ1n) is 8.52. The van der Waals surface area contributed by atoms with Crippen molar-refractivity contribution < 1.29 is 14.3 Å². The number of hydrogen-bond acceptors (Lipinski definition) is 4. The minimum atomic E-state index is -0.431. The van der Waals surface area contributed by atoms with E-state index in [0.29, 0.717) is 5.75 Å². The van der Waals surface area contributed by atoms with Crippen molar-refractivity contribution in [3.8, 4) is 5.75 Å². The normalized spacial score (nSPS) is 19.3. The van der Waals surface area contributed by atoms with Gasteiger partial charge in [-0.2, -0.15) is 0 Å². The highest BCUT2D eigenvalue weighted by atomic mass is 16.5. The van der Waals surface area contributed by atoms with E-state index < -0.39 is 6.03 Å². The number of rotatable bonds is 5. The number of hydrogen-bond donors (Lipinski definition) is 1. The zero-order valence-corrected chi connectivity index (χ0v) is 14.5. The van der Waals surface area contributed by atoms with Crippen molar-refractivity contribution >= 4 is 23.7 Å². The molecule has 1 N–H and O–H groups in total. The SMILES string of the molecule is C=CCN1C(=O)N/C(=C/c2ccc(N3CCCCC3)cc2OC)C1=O. The van der Waals surface area contributed by atoms with Crippen LogP contribution in [-0.2, 0) is 4.79 Å². The van der Waals surface area contributed by atoms with Crippen LogP contribution in [0.4, 0.5) is 10.5 Å². The molecule has 0 atom stereocenters. The summed E-state index contributed by atoms with van der Waals surface area (Å²) in [5.41, 5.74) is 2.12. The molecule has 0 unspecified atom stereocenters. The molecule has 0 bridgehead atoms. The Labute approximate surface area is 147 Å². The Morgan fingerprint density at radius 1 is 1.24 bits per heavy atom. The first-order valence-corrected chi connectivity index (χ1v) is 8.52. The van der Waals surface area contributed by atoms with Crippen LogP contribution < -0.4 is 15.0 Å². The van der Waals surface area contributed by atoms with Crippen molar-refractivity contribution in [3.63, 3.8) is 0 Å².